The molecule has 5 heterocycles. The molecule has 3 aromatic carbocycles. The van der Waals surface area contributed by atoms with E-state index in [1.807, 2.05) is 24.3 Å². The van der Waals surface area contributed by atoms with Gasteiger partial charge < -0.3 is 20.9 Å². The monoisotopic (exact) mass is 856 g/mol. The number of anilines is 2. The molecule has 5 aromatic rings. The summed E-state index contributed by atoms with van der Waals surface area (Å²) in [5, 5.41) is 13.3. The van der Waals surface area contributed by atoms with E-state index in [0.29, 0.717) is 59.7 Å². The van der Waals surface area contributed by atoms with Crippen LogP contribution in [0.15, 0.2) is 108 Å². The molecule has 0 saturated carbocycles. The zero-order valence-electron chi connectivity index (χ0n) is 32.7. The quantitative estimate of drug-likeness (QED) is 0.118. The number of sulfonamides is 1. The fourth-order valence-corrected chi connectivity index (χ4v) is 9.80. The summed E-state index contributed by atoms with van der Waals surface area (Å²) in [5.41, 5.74) is 3.84. The molecule has 0 bridgehead atoms. The molecule has 310 valence electrons. The molecule has 2 aromatic heterocycles. The van der Waals surface area contributed by atoms with Gasteiger partial charge in [0.05, 0.1) is 11.3 Å². The van der Waals surface area contributed by atoms with Crippen molar-refractivity contribution in [1.82, 2.24) is 29.8 Å². The lowest BCUT2D eigenvalue weighted by atomic mass is 10.0. The van der Waals surface area contributed by atoms with E-state index in [0.717, 1.165) is 11.3 Å². The van der Waals surface area contributed by atoms with E-state index in [2.05, 4.69) is 43.1 Å². The van der Waals surface area contributed by atoms with Crippen molar-refractivity contribution >= 4 is 61.7 Å². The largest absolute Gasteiger partial charge is 0.374 e. The van der Waals surface area contributed by atoms with Gasteiger partial charge in [0, 0.05) is 66.7 Å². The second kappa shape index (κ2) is 17.9. The highest BCUT2D eigenvalue weighted by Gasteiger charge is 2.43. The summed E-state index contributed by atoms with van der Waals surface area (Å²) in [7, 11) is -4.09. The number of thiazole rings is 1. The summed E-state index contributed by atoms with van der Waals surface area (Å²) in [4.78, 5) is 73.5. The number of rotatable bonds is 10. The highest BCUT2D eigenvalue weighted by molar-refractivity contribution is 7.89. The summed E-state index contributed by atoms with van der Waals surface area (Å²) in [6.45, 7) is 1.00. The Hall–Kier alpha value is -6.74. The van der Waals surface area contributed by atoms with Crippen LogP contribution in [0, 0.1) is 11.8 Å². The van der Waals surface area contributed by atoms with Crippen LogP contribution in [0.1, 0.15) is 70.0 Å². The maximum Gasteiger partial charge on any atom is 0.270 e. The van der Waals surface area contributed by atoms with E-state index >= 15 is 0 Å². The number of piperidine rings is 2. The number of hydrogen-bond donors (Lipinski definition) is 4. The van der Waals surface area contributed by atoms with Gasteiger partial charge in [-0.3, -0.25) is 29.3 Å². The molecule has 2 fully saturated rings. The molecular weight excluding hydrogens is 817 g/mol. The van der Waals surface area contributed by atoms with Crippen LogP contribution in [0.3, 0.4) is 0 Å². The maximum atomic E-state index is 14.0. The van der Waals surface area contributed by atoms with Crippen LogP contribution in [0.4, 0.5) is 10.8 Å². The Kier molecular flexibility index (Phi) is 12.0. The number of nitrogens with one attached hydrogen (secondary N) is 4. The second-order valence-electron chi connectivity index (χ2n) is 14.8. The summed E-state index contributed by atoms with van der Waals surface area (Å²) >= 11 is 1.24. The van der Waals surface area contributed by atoms with Crippen molar-refractivity contribution in [3.05, 3.63) is 136 Å². The second-order valence-corrected chi connectivity index (χ2v) is 17.6. The van der Waals surface area contributed by atoms with Crippen LogP contribution in [-0.4, -0.2) is 82.3 Å². The Morgan fingerprint density at radius 3 is 2.36 bits per heavy atom. The predicted molar refractivity (Wildman–Crippen MR) is 226 cm³/mol. The number of imide groups is 1. The number of likely N-dealkylation sites (tertiary alicyclic amines) is 1. The molecule has 2 atom stereocenters. The highest BCUT2D eigenvalue weighted by Crippen LogP contribution is 2.38. The van der Waals surface area contributed by atoms with Crippen LogP contribution < -0.4 is 21.3 Å². The van der Waals surface area contributed by atoms with Crippen molar-refractivity contribution in [2.24, 2.45) is 0 Å². The van der Waals surface area contributed by atoms with E-state index in [1.165, 1.54) is 27.9 Å². The number of fused-ring (bicyclic) bond motifs is 1. The molecule has 0 radical (unpaired) electrons. The molecule has 3 aliphatic rings. The molecule has 0 spiro atoms. The minimum Gasteiger partial charge on any atom is -0.374 e. The first-order valence-corrected chi connectivity index (χ1v) is 22.0. The summed E-state index contributed by atoms with van der Waals surface area (Å²) in [6, 6.07) is 22.5. The lowest BCUT2D eigenvalue weighted by molar-refractivity contribution is -0.134. The van der Waals surface area contributed by atoms with E-state index in [-0.39, 0.29) is 59.6 Å². The van der Waals surface area contributed by atoms with Gasteiger partial charge in [-0.05, 0) is 72.4 Å². The summed E-state index contributed by atoms with van der Waals surface area (Å²) in [6.07, 6.45) is 5.16. The van der Waals surface area contributed by atoms with Crippen LogP contribution >= 0.6 is 11.3 Å². The minimum atomic E-state index is -4.09. The normalized spacial score (nSPS) is 17.9. The molecule has 8 rings (SSSR count). The SMILES string of the molecule is O=C1CCC(Nc2ccc(CC(=O)N3CCC(NC(=O)c4ccc(C#Cc5ccc6c(c5)S(=O)(=O)N(C(C(=O)Nc5nccs5)c5ccccc5)C6)cn4)CC3)cc2)C(=O)N1. The van der Waals surface area contributed by atoms with Gasteiger partial charge in [0.1, 0.15) is 17.8 Å². The van der Waals surface area contributed by atoms with E-state index < -0.39 is 28.0 Å². The van der Waals surface area contributed by atoms with Crippen molar-refractivity contribution in [3.63, 3.8) is 0 Å². The van der Waals surface area contributed by atoms with Crippen molar-refractivity contribution in [3.8, 4) is 11.8 Å². The number of amides is 5. The Morgan fingerprint density at radius 2 is 1.66 bits per heavy atom. The smallest absolute Gasteiger partial charge is 0.270 e. The third-order valence-corrected chi connectivity index (χ3v) is 13.3. The molecule has 0 aliphatic carbocycles. The first-order chi connectivity index (χ1) is 29.5. The third kappa shape index (κ3) is 9.52. The molecule has 5 amide bonds. The zero-order chi connectivity index (χ0) is 42.5. The number of aromatic nitrogens is 2. The number of pyridine rings is 1. The first-order valence-electron chi connectivity index (χ1n) is 19.7. The van der Waals surface area contributed by atoms with Gasteiger partial charge in [-0.1, -0.05) is 60.4 Å². The topological polar surface area (TPSA) is 200 Å². The number of benzene rings is 3. The molecule has 61 heavy (non-hydrogen) atoms. The van der Waals surface area contributed by atoms with Crippen LogP contribution in [0.5, 0.6) is 0 Å². The van der Waals surface area contributed by atoms with Crippen LogP contribution in [0.25, 0.3) is 0 Å². The molecule has 17 heteroatoms. The summed E-state index contributed by atoms with van der Waals surface area (Å²) < 4.78 is 29.1. The van der Waals surface area contributed by atoms with E-state index in [4.69, 9.17) is 0 Å². The average molecular weight is 857 g/mol. The number of nitrogens with zero attached hydrogens (tertiary/aromatic N) is 4. The maximum absolute atomic E-state index is 14.0. The molecule has 4 N–H and O–H groups in total. The highest BCUT2D eigenvalue weighted by atomic mass is 32.2. The zero-order valence-corrected chi connectivity index (χ0v) is 34.3. The molecule has 15 nitrogen and oxygen atoms in total. The molecule has 2 saturated heterocycles. The Morgan fingerprint density at radius 1 is 0.902 bits per heavy atom. The lowest BCUT2D eigenvalue weighted by Crippen LogP contribution is -2.47. The van der Waals surface area contributed by atoms with Gasteiger partial charge in [0.2, 0.25) is 33.7 Å². The van der Waals surface area contributed by atoms with Crippen molar-refractivity contribution < 1.29 is 32.4 Å². The van der Waals surface area contributed by atoms with Gasteiger partial charge in [0.25, 0.3) is 5.91 Å². The van der Waals surface area contributed by atoms with Crippen LogP contribution in [0.2, 0.25) is 0 Å². The van der Waals surface area contributed by atoms with Crippen molar-refractivity contribution in [2.45, 2.75) is 61.7 Å². The van der Waals surface area contributed by atoms with Crippen LogP contribution in [-0.2, 0) is 42.2 Å². The fraction of sp³-hybridized carbons (Fsp3) is 0.250. The van der Waals surface area contributed by atoms with Gasteiger partial charge >= 0.3 is 0 Å². The van der Waals surface area contributed by atoms with Crippen molar-refractivity contribution in [1.29, 1.82) is 0 Å². The third-order valence-electron chi connectivity index (χ3n) is 10.7. The minimum absolute atomic E-state index is 0.00623. The number of hydrogen-bond acceptors (Lipinski definition) is 11. The number of carbonyl (C=O) groups is 5. The van der Waals surface area contributed by atoms with Gasteiger partial charge in [-0.2, -0.15) is 4.31 Å². The lowest BCUT2D eigenvalue weighted by Gasteiger charge is -2.32. The first kappa shape index (κ1) is 41.0. The fourth-order valence-electron chi connectivity index (χ4n) is 7.47. The molecule has 3 aliphatic heterocycles. The van der Waals surface area contributed by atoms with E-state index in [1.54, 1.807) is 71.1 Å². The van der Waals surface area contributed by atoms with E-state index in [9.17, 15) is 32.4 Å². The average Bonchev–Trinajstić information content (AvgIpc) is 3.87. The Balaban J connectivity index is 0.830. The van der Waals surface area contributed by atoms with Gasteiger partial charge in [-0.15, -0.1) is 11.3 Å². The number of carbonyl (C=O) groups excluding carboxylic acids is 5. The van der Waals surface area contributed by atoms with Gasteiger partial charge in [0.15, 0.2) is 5.13 Å². The molecular formula is C44H40N8O7S2. The Labute approximate surface area is 356 Å². The summed E-state index contributed by atoms with van der Waals surface area (Å²) in [5.74, 6) is 4.52. The van der Waals surface area contributed by atoms with Gasteiger partial charge in [-0.25, -0.2) is 18.4 Å². The molecule has 2 unspecified atom stereocenters. The Bertz CT molecular complexity index is 2640. The standard InChI is InChI=1S/C44H40N8O7S2/c53-38-17-16-36(42(56)49-38)47-33-13-9-29(10-14-33)25-39(54)51-21-18-34(19-22-51)48-41(55)35-15-11-30(26-46-35)7-6-28-8-12-32-27-52(61(58,59)37(32)24-28)40(31-4-2-1-3-5-31)43(57)50-44-45-20-23-60-44/h1-5,8-15,20,23-24,26,34,36,40,47H,16-19,21-22,25,27H2,(H,48,55)(H,45,50,57)(H,49,53,56). The van der Waals surface area contributed by atoms with Crippen molar-refractivity contribution in [2.75, 3.05) is 23.7 Å². The predicted octanol–water partition coefficient (Wildman–Crippen LogP) is 4.00.